The Balaban J connectivity index is 2.05. The third-order valence-corrected chi connectivity index (χ3v) is 2.70. The van der Waals surface area contributed by atoms with Crippen molar-refractivity contribution in [3.8, 4) is 0 Å². The molecule has 0 radical (unpaired) electrons. The molecule has 0 aliphatic heterocycles. The lowest BCUT2D eigenvalue weighted by atomic mass is 10.2. The zero-order valence-electron chi connectivity index (χ0n) is 10.6. The van der Waals surface area contributed by atoms with E-state index in [1.165, 1.54) is 7.11 Å². The number of nitrogens with one attached hydrogen (secondary N) is 2. The Bertz CT molecular complexity index is 636. The molecule has 6 heteroatoms. The van der Waals surface area contributed by atoms with Crippen LogP contribution in [0.3, 0.4) is 0 Å². The molecule has 2 N–H and O–H groups in total. The molecule has 1 heterocycles. The molecule has 2 aromatic rings. The van der Waals surface area contributed by atoms with E-state index in [4.69, 9.17) is 0 Å². The van der Waals surface area contributed by atoms with Crippen molar-refractivity contribution < 1.29 is 9.63 Å². The van der Waals surface area contributed by atoms with Gasteiger partial charge in [0.15, 0.2) is 0 Å². The highest BCUT2D eigenvalue weighted by Crippen LogP contribution is 2.07. The minimum Gasteiger partial charge on any atom is -0.310 e. The molecule has 0 aliphatic carbocycles. The third-order valence-electron chi connectivity index (χ3n) is 2.70. The number of benzene rings is 1. The van der Waals surface area contributed by atoms with Gasteiger partial charge < -0.3 is 4.98 Å². The Morgan fingerprint density at radius 3 is 3.00 bits per heavy atom. The normalized spacial score (nSPS) is 10.6. The van der Waals surface area contributed by atoms with Crippen molar-refractivity contribution in [2.24, 2.45) is 0 Å². The first-order valence-corrected chi connectivity index (χ1v) is 6.00. The summed E-state index contributed by atoms with van der Waals surface area (Å²) in [4.78, 5) is 34.6. The summed E-state index contributed by atoms with van der Waals surface area (Å²) in [5.74, 6) is 0.402. The van der Waals surface area contributed by atoms with Crippen molar-refractivity contribution in [3.63, 3.8) is 0 Å². The van der Waals surface area contributed by atoms with Gasteiger partial charge in [-0.3, -0.25) is 14.4 Å². The van der Waals surface area contributed by atoms with Gasteiger partial charge in [0, 0.05) is 12.8 Å². The summed E-state index contributed by atoms with van der Waals surface area (Å²) in [5, 5.41) is 0.573. The number of para-hydroxylation sites is 1. The molecule has 0 atom stereocenters. The number of nitrogens with zero attached hydrogens (tertiary/aromatic N) is 1. The number of amides is 1. The molecule has 0 bridgehead atoms. The van der Waals surface area contributed by atoms with E-state index in [0.29, 0.717) is 36.0 Å². The van der Waals surface area contributed by atoms with Gasteiger partial charge in [0.05, 0.1) is 18.0 Å². The Morgan fingerprint density at radius 2 is 2.21 bits per heavy atom. The van der Waals surface area contributed by atoms with E-state index in [1.807, 2.05) is 6.07 Å². The van der Waals surface area contributed by atoms with Crippen LogP contribution in [-0.2, 0) is 16.1 Å². The number of hydrogen-bond acceptors (Lipinski definition) is 4. The summed E-state index contributed by atoms with van der Waals surface area (Å²) in [6.45, 7) is 0. The van der Waals surface area contributed by atoms with Gasteiger partial charge in [-0.1, -0.05) is 12.1 Å². The molecular weight excluding hydrogens is 246 g/mol. The quantitative estimate of drug-likeness (QED) is 0.784. The summed E-state index contributed by atoms with van der Waals surface area (Å²) >= 11 is 0. The van der Waals surface area contributed by atoms with E-state index in [9.17, 15) is 9.59 Å². The van der Waals surface area contributed by atoms with Crippen LogP contribution in [0.15, 0.2) is 29.1 Å². The van der Waals surface area contributed by atoms with Gasteiger partial charge in [-0.05, 0) is 18.6 Å². The van der Waals surface area contributed by atoms with E-state index < -0.39 is 0 Å². The second-order valence-electron chi connectivity index (χ2n) is 4.11. The number of carbonyl (C=O) groups is 1. The molecular formula is C13H15N3O3. The molecule has 1 aromatic carbocycles. The summed E-state index contributed by atoms with van der Waals surface area (Å²) in [6.07, 6.45) is 1.46. The topological polar surface area (TPSA) is 84.1 Å². The maximum Gasteiger partial charge on any atom is 0.258 e. The SMILES string of the molecule is CONC(=O)CCCc1nc2ccccc2c(=O)[nH]1. The lowest BCUT2D eigenvalue weighted by molar-refractivity contribution is -0.131. The molecule has 6 nitrogen and oxygen atoms in total. The molecule has 100 valence electrons. The first kappa shape index (κ1) is 13.2. The highest BCUT2D eigenvalue weighted by atomic mass is 16.6. The zero-order valence-corrected chi connectivity index (χ0v) is 10.6. The predicted octanol–water partition coefficient (Wildman–Crippen LogP) is 0.923. The Morgan fingerprint density at radius 1 is 1.42 bits per heavy atom. The second kappa shape index (κ2) is 6.10. The van der Waals surface area contributed by atoms with E-state index in [-0.39, 0.29) is 11.5 Å². The predicted molar refractivity (Wildman–Crippen MR) is 70.5 cm³/mol. The van der Waals surface area contributed by atoms with Gasteiger partial charge in [-0.25, -0.2) is 10.5 Å². The minimum atomic E-state index is -0.189. The second-order valence-corrected chi connectivity index (χ2v) is 4.11. The van der Waals surface area contributed by atoms with E-state index in [1.54, 1.807) is 18.2 Å². The fraction of sp³-hybridized carbons (Fsp3) is 0.308. The van der Waals surface area contributed by atoms with Crippen molar-refractivity contribution in [1.82, 2.24) is 15.4 Å². The van der Waals surface area contributed by atoms with E-state index in [0.717, 1.165) is 0 Å². The smallest absolute Gasteiger partial charge is 0.258 e. The van der Waals surface area contributed by atoms with Crippen LogP contribution in [0, 0.1) is 0 Å². The van der Waals surface area contributed by atoms with Crippen LogP contribution in [0.4, 0.5) is 0 Å². The Hall–Kier alpha value is -2.21. The molecule has 0 fully saturated rings. The minimum absolute atomic E-state index is 0.151. The number of hydrogen-bond donors (Lipinski definition) is 2. The first-order chi connectivity index (χ1) is 9.20. The Kier molecular flexibility index (Phi) is 4.25. The summed E-state index contributed by atoms with van der Waals surface area (Å²) < 4.78 is 0. The fourth-order valence-corrected chi connectivity index (χ4v) is 1.83. The molecule has 1 amide bonds. The van der Waals surface area contributed by atoms with E-state index >= 15 is 0 Å². The maximum atomic E-state index is 11.8. The van der Waals surface area contributed by atoms with Gasteiger partial charge in [0.25, 0.3) is 5.56 Å². The van der Waals surface area contributed by atoms with Crippen molar-refractivity contribution in [2.45, 2.75) is 19.3 Å². The number of fused-ring (bicyclic) bond motifs is 1. The zero-order chi connectivity index (χ0) is 13.7. The molecule has 1 aromatic heterocycles. The maximum absolute atomic E-state index is 11.8. The number of aromatic amines is 1. The van der Waals surface area contributed by atoms with Crippen LogP contribution >= 0.6 is 0 Å². The van der Waals surface area contributed by atoms with Gasteiger partial charge in [-0.2, -0.15) is 0 Å². The standard InChI is InChI=1S/C13H15N3O3/c1-19-16-12(17)8-4-7-11-14-10-6-3-2-5-9(10)13(18)15-11/h2-3,5-6H,4,7-8H2,1H3,(H,16,17)(H,14,15,18). The molecule has 19 heavy (non-hydrogen) atoms. The van der Waals surface area contributed by atoms with Crippen LogP contribution in [0.1, 0.15) is 18.7 Å². The van der Waals surface area contributed by atoms with Crippen molar-refractivity contribution in [1.29, 1.82) is 0 Å². The summed E-state index contributed by atoms with van der Waals surface area (Å²) in [7, 11) is 1.39. The van der Waals surface area contributed by atoms with Crippen LogP contribution in [0.25, 0.3) is 10.9 Å². The van der Waals surface area contributed by atoms with Crippen molar-refractivity contribution in [2.75, 3.05) is 7.11 Å². The lowest BCUT2D eigenvalue weighted by Crippen LogP contribution is -2.21. The largest absolute Gasteiger partial charge is 0.310 e. The van der Waals surface area contributed by atoms with Gasteiger partial charge in [-0.15, -0.1) is 0 Å². The van der Waals surface area contributed by atoms with Gasteiger partial charge in [0.1, 0.15) is 5.82 Å². The lowest BCUT2D eigenvalue weighted by Gasteiger charge is -2.03. The molecule has 2 rings (SSSR count). The van der Waals surface area contributed by atoms with Gasteiger partial charge >= 0.3 is 0 Å². The average molecular weight is 261 g/mol. The Labute approximate surface area is 109 Å². The highest BCUT2D eigenvalue weighted by molar-refractivity contribution is 5.77. The van der Waals surface area contributed by atoms with Crippen molar-refractivity contribution >= 4 is 16.8 Å². The molecule has 0 aliphatic rings. The van der Waals surface area contributed by atoms with E-state index in [2.05, 4.69) is 20.3 Å². The number of aryl methyl sites for hydroxylation is 1. The summed E-state index contributed by atoms with van der Waals surface area (Å²) in [6, 6.07) is 7.17. The summed E-state index contributed by atoms with van der Waals surface area (Å²) in [5.41, 5.74) is 2.76. The average Bonchev–Trinajstić information content (AvgIpc) is 2.39. The molecule has 0 unspecified atom stereocenters. The molecule has 0 spiro atoms. The fourth-order valence-electron chi connectivity index (χ4n) is 1.83. The number of H-pyrrole nitrogens is 1. The number of carbonyl (C=O) groups excluding carboxylic acids is 1. The monoisotopic (exact) mass is 261 g/mol. The third kappa shape index (κ3) is 3.38. The molecule has 0 saturated heterocycles. The van der Waals surface area contributed by atoms with Crippen LogP contribution in [0.2, 0.25) is 0 Å². The van der Waals surface area contributed by atoms with Crippen molar-refractivity contribution in [3.05, 3.63) is 40.4 Å². The highest BCUT2D eigenvalue weighted by Gasteiger charge is 2.05. The van der Waals surface area contributed by atoms with Gasteiger partial charge in [0.2, 0.25) is 5.91 Å². The van der Waals surface area contributed by atoms with Crippen LogP contribution in [0.5, 0.6) is 0 Å². The molecule has 0 saturated carbocycles. The number of aromatic nitrogens is 2. The van der Waals surface area contributed by atoms with Crippen LogP contribution < -0.4 is 11.0 Å². The first-order valence-electron chi connectivity index (χ1n) is 6.00. The number of hydroxylamine groups is 1. The number of rotatable bonds is 5. The van der Waals surface area contributed by atoms with Crippen LogP contribution in [-0.4, -0.2) is 23.0 Å².